The van der Waals surface area contributed by atoms with Gasteiger partial charge in [-0.2, -0.15) is 0 Å². The molecule has 0 aliphatic carbocycles. The van der Waals surface area contributed by atoms with E-state index >= 15 is 0 Å². The van der Waals surface area contributed by atoms with Gasteiger partial charge in [0.2, 0.25) is 0 Å². The van der Waals surface area contributed by atoms with Crippen LogP contribution in [0.4, 0.5) is 0 Å². The highest BCUT2D eigenvalue weighted by Crippen LogP contribution is 2.11. The molecule has 23 heavy (non-hydrogen) atoms. The van der Waals surface area contributed by atoms with Crippen LogP contribution in [-0.4, -0.2) is 35.6 Å². The smallest absolute Gasteiger partial charge is 0.190 e. The zero-order chi connectivity index (χ0) is 15.6. The number of guanidine groups is 1. The number of para-hydroxylation sites is 2. The number of aliphatic imine (C=N–C) groups is 1. The summed E-state index contributed by atoms with van der Waals surface area (Å²) in [7, 11) is 1.82. The minimum absolute atomic E-state index is 0. The van der Waals surface area contributed by atoms with Crippen LogP contribution in [0, 0.1) is 0 Å². The average Bonchev–Trinajstić information content (AvgIpc) is 2.97. The average molecular weight is 429 g/mol. The van der Waals surface area contributed by atoms with E-state index < -0.39 is 0 Å². The molecule has 6 heteroatoms. The van der Waals surface area contributed by atoms with Crippen molar-refractivity contribution in [1.29, 1.82) is 0 Å². The number of imidazole rings is 1. The van der Waals surface area contributed by atoms with E-state index in [1.165, 1.54) is 24.8 Å². The summed E-state index contributed by atoms with van der Waals surface area (Å²) in [5.41, 5.74) is 2.26. The minimum Gasteiger partial charge on any atom is -0.356 e. The largest absolute Gasteiger partial charge is 0.356 e. The second kappa shape index (κ2) is 11.3. The van der Waals surface area contributed by atoms with Crippen LogP contribution < -0.4 is 10.6 Å². The minimum atomic E-state index is 0. The fraction of sp³-hybridized carbons (Fsp3) is 0.529. The number of rotatable bonds is 8. The predicted octanol–water partition coefficient (Wildman–Crippen LogP) is 3.40. The Bertz CT molecular complexity index is 593. The van der Waals surface area contributed by atoms with E-state index in [1.54, 1.807) is 0 Å². The summed E-state index contributed by atoms with van der Waals surface area (Å²) in [4.78, 5) is 8.66. The molecular weight excluding hydrogens is 401 g/mol. The predicted molar refractivity (Wildman–Crippen MR) is 109 cm³/mol. The quantitative estimate of drug-likeness (QED) is 0.293. The third-order valence-electron chi connectivity index (χ3n) is 3.69. The van der Waals surface area contributed by atoms with Crippen LogP contribution in [0.3, 0.4) is 0 Å². The lowest BCUT2D eigenvalue weighted by Crippen LogP contribution is -2.38. The van der Waals surface area contributed by atoms with E-state index in [-0.39, 0.29) is 24.0 Å². The van der Waals surface area contributed by atoms with Crippen molar-refractivity contribution in [2.75, 3.05) is 20.1 Å². The van der Waals surface area contributed by atoms with Crippen molar-refractivity contribution in [3.8, 4) is 0 Å². The monoisotopic (exact) mass is 429 g/mol. The van der Waals surface area contributed by atoms with Crippen molar-refractivity contribution in [3.63, 3.8) is 0 Å². The van der Waals surface area contributed by atoms with E-state index in [1.807, 2.05) is 25.5 Å². The van der Waals surface area contributed by atoms with Gasteiger partial charge in [0, 0.05) is 26.7 Å². The van der Waals surface area contributed by atoms with Gasteiger partial charge in [-0.3, -0.25) is 4.99 Å². The summed E-state index contributed by atoms with van der Waals surface area (Å²) in [6.07, 6.45) is 6.65. The Morgan fingerprint density at radius 1 is 1.13 bits per heavy atom. The van der Waals surface area contributed by atoms with E-state index in [9.17, 15) is 0 Å². The fourth-order valence-electron chi connectivity index (χ4n) is 2.45. The number of benzene rings is 1. The normalized spacial score (nSPS) is 11.3. The van der Waals surface area contributed by atoms with E-state index in [0.29, 0.717) is 0 Å². The van der Waals surface area contributed by atoms with Gasteiger partial charge < -0.3 is 15.2 Å². The number of aryl methyl sites for hydroxylation is 1. The molecule has 0 aliphatic heterocycles. The maximum absolute atomic E-state index is 4.41. The molecule has 1 aromatic carbocycles. The number of aromatic nitrogens is 2. The molecule has 128 valence electrons. The number of hydrogen-bond donors (Lipinski definition) is 2. The summed E-state index contributed by atoms with van der Waals surface area (Å²) in [6, 6.07) is 8.24. The van der Waals surface area contributed by atoms with Crippen molar-refractivity contribution < 1.29 is 0 Å². The summed E-state index contributed by atoms with van der Waals surface area (Å²) in [5.74, 6) is 0.895. The maximum Gasteiger partial charge on any atom is 0.190 e. The Morgan fingerprint density at radius 2 is 1.87 bits per heavy atom. The van der Waals surface area contributed by atoms with Gasteiger partial charge in [0.1, 0.15) is 0 Å². The first-order valence-corrected chi connectivity index (χ1v) is 8.19. The van der Waals surface area contributed by atoms with Crippen LogP contribution in [0.15, 0.2) is 35.6 Å². The Morgan fingerprint density at radius 3 is 2.61 bits per heavy atom. The highest BCUT2D eigenvalue weighted by molar-refractivity contribution is 14.0. The Labute approximate surface area is 156 Å². The van der Waals surface area contributed by atoms with Crippen LogP contribution in [0.1, 0.15) is 32.6 Å². The molecule has 0 saturated heterocycles. The highest BCUT2D eigenvalue weighted by atomic mass is 127. The van der Waals surface area contributed by atoms with Crippen molar-refractivity contribution in [2.24, 2.45) is 4.99 Å². The first-order chi connectivity index (χ1) is 10.8. The summed E-state index contributed by atoms with van der Waals surface area (Å²) in [6.45, 7) is 5.06. The lowest BCUT2D eigenvalue weighted by Gasteiger charge is -2.12. The van der Waals surface area contributed by atoms with Gasteiger partial charge in [-0.1, -0.05) is 31.9 Å². The Hall–Kier alpha value is -1.31. The molecular formula is C17H28IN5. The molecule has 0 bridgehead atoms. The summed E-state index contributed by atoms with van der Waals surface area (Å²) >= 11 is 0. The number of halogens is 1. The molecule has 0 amide bonds. The number of unbranched alkanes of at least 4 members (excludes halogenated alkanes) is 2. The molecule has 1 heterocycles. The second-order valence-electron chi connectivity index (χ2n) is 5.41. The SMILES string of the molecule is CCCCCNC(=NC)NCCCn1cnc2ccccc21.I. The van der Waals surface area contributed by atoms with Gasteiger partial charge in [-0.15, -0.1) is 24.0 Å². The molecule has 0 aliphatic rings. The number of fused-ring (bicyclic) bond motifs is 1. The lowest BCUT2D eigenvalue weighted by molar-refractivity contribution is 0.631. The second-order valence-corrected chi connectivity index (χ2v) is 5.41. The molecule has 0 fully saturated rings. The molecule has 0 atom stereocenters. The topological polar surface area (TPSA) is 54.2 Å². The molecule has 2 rings (SSSR count). The van der Waals surface area contributed by atoms with E-state index in [2.05, 4.69) is 44.2 Å². The van der Waals surface area contributed by atoms with Gasteiger partial charge in [0.25, 0.3) is 0 Å². The fourth-order valence-corrected chi connectivity index (χ4v) is 2.45. The van der Waals surface area contributed by atoms with Crippen molar-refractivity contribution in [2.45, 2.75) is 39.2 Å². The van der Waals surface area contributed by atoms with Gasteiger partial charge in [-0.25, -0.2) is 4.98 Å². The maximum atomic E-state index is 4.41. The molecule has 0 spiro atoms. The molecule has 0 radical (unpaired) electrons. The summed E-state index contributed by atoms with van der Waals surface area (Å²) < 4.78 is 2.20. The third-order valence-corrected chi connectivity index (χ3v) is 3.69. The number of nitrogens with one attached hydrogen (secondary N) is 2. The van der Waals surface area contributed by atoms with Gasteiger partial charge in [-0.05, 0) is 25.0 Å². The number of hydrogen-bond acceptors (Lipinski definition) is 2. The van der Waals surface area contributed by atoms with Crippen LogP contribution in [0.2, 0.25) is 0 Å². The molecule has 1 aromatic heterocycles. The summed E-state index contributed by atoms with van der Waals surface area (Å²) in [5, 5.41) is 6.71. The Balaban J connectivity index is 0.00000264. The zero-order valence-corrected chi connectivity index (χ0v) is 16.4. The molecule has 2 N–H and O–H groups in total. The zero-order valence-electron chi connectivity index (χ0n) is 14.1. The highest BCUT2D eigenvalue weighted by Gasteiger charge is 2.01. The van der Waals surface area contributed by atoms with Crippen molar-refractivity contribution in [3.05, 3.63) is 30.6 Å². The van der Waals surface area contributed by atoms with E-state index in [0.717, 1.165) is 37.5 Å². The lowest BCUT2D eigenvalue weighted by atomic mass is 10.2. The van der Waals surface area contributed by atoms with Crippen LogP contribution in [-0.2, 0) is 6.54 Å². The van der Waals surface area contributed by atoms with Gasteiger partial charge in [0.15, 0.2) is 5.96 Å². The molecule has 5 nitrogen and oxygen atoms in total. The van der Waals surface area contributed by atoms with Crippen LogP contribution in [0.5, 0.6) is 0 Å². The molecule has 0 unspecified atom stereocenters. The van der Waals surface area contributed by atoms with E-state index in [4.69, 9.17) is 0 Å². The first kappa shape index (κ1) is 19.7. The molecule has 0 saturated carbocycles. The molecule has 2 aromatic rings. The van der Waals surface area contributed by atoms with Gasteiger partial charge in [0.05, 0.1) is 17.4 Å². The third kappa shape index (κ3) is 6.37. The van der Waals surface area contributed by atoms with Crippen LogP contribution >= 0.6 is 24.0 Å². The van der Waals surface area contributed by atoms with Crippen LogP contribution in [0.25, 0.3) is 11.0 Å². The van der Waals surface area contributed by atoms with Crippen molar-refractivity contribution >= 4 is 41.0 Å². The Kier molecular flexibility index (Phi) is 9.66. The van der Waals surface area contributed by atoms with Gasteiger partial charge >= 0.3 is 0 Å². The first-order valence-electron chi connectivity index (χ1n) is 8.19. The number of nitrogens with zero attached hydrogens (tertiary/aromatic N) is 3. The van der Waals surface area contributed by atoms with Crippen molar-refractivity contribution in [1.82, 2.24) is 20.2 Å². The standard InChI is InChI=1S/C17H27N5.HI/c1-3-4-7-11-19-17(18-2)20-12-8-13-22-14-21-15-9-5-6-10-16(15)22;/h5-6,9-10,14H,3-4,7-8,11-13H2,1-2H3,(H2,18,19,20);1H.